The largest absolute Gasteiger partial charge is 0.494 e. The van der Waals surface area contributed by atoms with Crippen LogP contribution in [-0.2, 0) is 27.9 Å². The normalized spacial score (nSPS) is 11.7. The molecule has 1 aromatic heterocycles. The van der Waals surface area contributed by atoms with Gasteiger partial charge in [-0.3, -0.25) is 4.79 Å². The molecule has 0 radical (unpaired) electrons. The number of ether oxygens (including phenoxy) is 1. The van der Waals surface area contributed by atoms with Crippen molar-refractivity contribution in [3.8, 4) is 5.75 Å². The lowest BCUT2D eigenvalue weighted by Crippen LogP contribution is -2.24. The molecule has 0 atom stereocenters. The zero-order chi connectivity index (χ0) is 21.7. The summed E-state index contributed by atoms with van der Waals surface area (Å²) in [5.41, 5.74) is 2.12. The molecule has 0 aliphatic carbocycles. The molecular formula is C20H25N5O4S. The first-order valence-electron chi connectivity index (χ1n) is 9.55. The average Bonchev–Trinajstić information content (AvgIpc) is 3.14. The molecule has 0 bridgehead atoms. The molecule has 3 rings (SSSR count). The predicted molar refractivity (Wildman–Crippen MR) is 112 cm³/mol. The topological polar surface area (TPSA) is 106 Å². The van der Waals surface area contributed by atoms with Gasteiger partial charge in [-0.25, -0.2) is 17.4 Å². The fraction of sp³-hybridized carbons (Fsp3) is 0.350. The SMILES string of the molecule is CCOc1ccc(CNC(=O)CCn2nnc3cc(S(=O)(=O)N(C)C)ccc32)cc1. The lowest BCUT2D eigenvalue weighted by Gasteiger charge is -2.11. The summed E-state index contributed by atoms with van der Waals surface area (Å²) in [4.78, 5) is 12.3. The van der Waals surface area contributed by atoms with Crippen LogP contribution in [-0.4, -0.2) is 54.3 Å². The molecule has 0 fully saturated rings. The summed E-state index contributed by atoms with van der Waals surface area (Å²) in [6, 6.07) is 12.2. The quantitative estimate of drug-likeness (QED) is 0.554. The number of benzene rings is 2. The minimum atomic E-state index is -3.54. The third-order valence-corrected chi connectivity index (χ3v) is 6.35. The molecule has 0 saturated heterocycles. The van der Waals surface area contributed by atoms with Crippen LogP contribution in [0, 0.1) is 0 Å². The van der Waals surface area contributed by atoms with E-state index >= 15 is 0 Å². The third-order valence-electron chi connectivity index (χ3n) is 4.54. The summed E-state index contributed by atoms with van der Waals surface area (Å²) < 4.78 is 32.6. The number of nitrogens with zero attached hydrogens (tertiary/aromatic N) is 4. The Morgan fingerprint density at radius 3 is 2.57 bits per heavy atom. The van der Waals surface area contributed by atoms with Crippen molar-refractivity contribution in [3.63, 3.8) is 0 Å². The van der Waals surface area contributed by atoms with E-state index < -0.39 is 10.0 Å². The first kappa shape index (κ1) is 21.7. The van der Waals surface area contributed by atoms with Gasteiger partial charge in [0.2, 0.25) is 15.9 Å². The fourth-order valence-corrected chi connectivity index (χ4v) is 3.78. The van der Waals surface area contributed by atoms with Gasteiger partial charge in [0.25, 0.3) is 0 Å². The molecule has 0 aliphatic rings. The van der Waals surface area contributed by atoms with Crippen LogP contribution in [0.4, 0.5) is 0 Å². The Kier molecular flexibility index (Phi) is 6.68. The summed E-state index contributed by atoms with van der Waals surface area (Å²) in [6.45, 7) is 3.30. The van der Waals surface area contributed by atoms with Gasteiger partial charge in [0, 0.05) is 27.1 Å². The minimum Gasteiger partial charge on any atom is -0.494 e. The fourth-order valence-electron chi connectivity index (χ4n) is 2.86. The van der Waals surface area contributed by atoms with Gasteiger partial charge in [0.15, 0.2) is 0 Å². The second kappa shape index (κ2) is 9.23. The van der Waals surface area contributed by atoms with Crippen LogP contribution in [0.5, 0.6) is 5.75 Å². The van der Waals surface area contributed by atoms with Crippen molar-refractivity contribution in [2.45, 2.75) is 31.3 Å². The molecule has 160 valence electrons. The molecule has 0 aliphatic heterocycles. The molecular weight excluding hydrogens is 406 g/mol. The first-order valence-corrected chi connectivity index (χ1v) is 11.0. The van der Waals surface area contributed by atoms with E-state index in [0.717, 1.165) is 15.6 Å². The summed E-state index contributed by atoms with van der Waals surface area (Å²) >= 11 is 0. The van der Waals surface area contributed by atoms with Crippen LogP contribution in [0.1, 0.15) is 18.9 Å². The van der Waals surface area contributed by atoms with E-state index in [-0.39, 0.29) is 17.2 Å². The molecule has 1 amide bonds. The predicted octanol–water partition coefficient (Wildman–Crippen LogP) is 1.79. The van der Waals surface area contributed by atoms with Gasteiger partial charge in [-0.1, -0.05) is 17.3 Å². The number of carbonyl (C=O) groups excluding carboxylic acids is 1. The maximum atomic E-state index is 12.2. The summed E-state index contributed by atoms with van der Waals surface area (Å²) in [5, 5.41) is 11.0. The van der Waals surface area contributed by atoms with Crippen molar-refractivity contribution in [1.29, 1.82) is 0 Å². The van der Waals surface area contributed by atoms with Crippen LogP contribution < -0.4 is 10.1 Å². The second-order valence-corrected chi connectivity index (χ2v) is 9.01. The number of aromatic nitrogens is 3. The Morgan fingerprint density at radius 1 is 1.17 bits per heavy atom. The number of carbonyl (C=O) groups is 1. The molecule has 0 saturated carbocycles. The highest BCUT2D eigenvalue weighted by molar-refractivity contribution is 7.89. The minimum absolute atomic E-state index is 0.112. The molecule has 10 heteroatoms. The van der Waals surface area contributed by atoms with E-state index in [9.17, 15) is 13.2 Å². The van der Waals surface area contributed by atoms with Gasteiger partial charge in [-0.2, -0.15) is 0 Å². The molecule has 0 unspecified atom stereocenters. The Morgan fingerprint density at radius 2 is 1.90 bits per heavy atom. The van der Waals surface area contributed by atoms with E-state index in [2.05, 4.69) is 15.6 Å². The molecule has 3 aromatic rings. The second-order valence-electron chi connectivity index (χ2n) is 6.85. The Hall–Kier alpha value is -2.98. The number of hydrogen-bond donors (Lipinski definition) is 1. The van der Waals surface area contributed by atoms with Crippen molar-refractivity contribution in [2.75, 3.05) is 20.7 Å². The zero-order valence-corrected chi connectivity index (χ0v) is 18.0. The lowest BCUT2D eigenvalue weighted by molar-refractivity contribution is -0.121. The highest BCUT2D eigenvalue weighted by atomic mass is 32.2. The molecule has 9 nitrogen and oxygen atoms in total. The van der Waals surface area contributed by atoms with Crippen LogP contribution in [0.15, 0.2) is 47.4 Å². The molecule has 2 aromatic carbocycles. The van der Waals surface area contributed by atoms with Crippen LogP contribution in [0.25, 0.3) is 11.0 Å². The van der Waals surface area contributed by atoms with E-state index in [1.54, 1.807) is 10.7 Å². The molecule has 0 spiro atoms. The molecule has 1 N–H and O–H groups in total. The van der Waals surface area contributed by atoms with Crippen LogP contribution in [0.2, 0.25) is 0 Å². The molecule has 1 heterocycles. The van der Waals surface area contributed by atoms with Crippen LogP contribution >= 0.6 is 0 Å². The average molecular weight is 432 g/mol. The van der Waals surface area contributed by atoms with Gasteiger partial charge in [0.05, 0.1) is 23.6 Å². The van der Waals surface area contributed by atoms with E-state index in [1.165, 1.54) is 26.2 Å². The zero-order valence-electron chi connectivity index (χ0n) is 17.2. The third kappa shape index (κ3) is 4.95. The van der Waals surface area contributed by atoms with E-state index in [0.29, 0.717) is 30.7 Å². The monoisotopic (exact) mass is 431 g/mol. The smallest absolute Gasteiger partial charge is 0.242 e. The van der Waals surface area contributed by atoms with Crippen molar-refractivity contribution >= 4 is 27.0 Å². The maximum absolute atomic E-state index is 12.2. The molecule has 30 heavy (non-hydrogen) atoms. The van der Waals surface area contributed by atoms with Crippen molar-refractivity contribution in [3.05, 3.63) is 48.0 Å². The van der Waals surface area contributed by atoms with Crippen molar-refractivity contribution < 1.29 is 17.9 Å². The van der Waals surface area contributed by atoms with Gasteiger partial charge in [-0.15, -0.1) is 5.10 Å². The number of rotatable bonds is 9. The number of aryl methyl sites for hydroxylation is 1. The number of amides is 1. The number of hydrogen-bond acceptors (Lipinski definition) is 6. The summed E-state index contributed by atoms with van der Waals surface area (Å²) in [5.74, 6) is 0.687. The van der Waals surface area contributed by atoms with Crippen molar-refractivity contribution in [2.24, 2.45) is 0 Å². The standard InChI is InChI=1S/C20H25N5O4S/c1-4-29-16-7-5-15(6-8-16)14-21-20(26)11-12-25-19-10-9-17(13-18(19)22-23-25)30(27,28)24(2)3/h5-10,13H,4,11-12,14H2,1-3H3,(H,21,26). The summed E-state index contributed by atoms with van der Waals surface area (Å²) in [7, 11) is -0.591. The Labute approximate surface area is 175 Å². The summed E-state index contributed by atoms with van der Waals surface area (Å²) in [6.07, 6.45) is 0.229. The Bertz CT molecular complexity index is 1120. The lowest BCUT2D eigenvalue weighted by atomic mass is 10.2. The van der Waals surface area contributed by atoms with Gasteiger partial charge < -0.3 is 10.1 Å². The maximum Gasteiger partial charge on any atom is 0.242 e. The van der Waals surface area contributed by atoms with Crippen molar-refractivity contribution in [1.82, 2.24) is 24.6 Å². The van der Waals surface area contributed by atoms with Gasteiger partial charge in [-0.05, 0) is 42.8 Å². The number of nitrogens with one attached hydrogen (secondary N) is 1. The highest BCUT2D eigenvalue weighted by Gasteiger charge is 2.18. The van der Waals surface area contributed by atoms with Gasteiger partial charge >= 0.3 is 0 Å². The number of fused-ring (bicyclic) bond motifs is 1. The number of sulfonamides is 1. The highest BCUT2D eigenvalue weighted by Crippen LogP contribution is 2.19. The first-order chi connectivity index (χ1) is 14.3. The van der Waals surface area contributed by atoms with E-state index in [4.69, 9.17) is 4.74 Å². The van der Waals surface area contributed by atoms with Gasteiger partial charge in [0.1, 0.15) is 11.3 Å². The van der Waals surface area contributed by atoms with Crippen LogP contribution in [0.3, 0.4) is 0 Å². The Balaban J connectivity index is 1.58. The van der Waals surface area contributed by atoms with E-state index in [1.807, 2.05) is 31.2 Å².